The van der Waals surface area contributed by atoms with E-state index in [1.807, 2.05) is 0 Å². The average molecular weight is 172 g/mol. The predicted molar refractivity (Wildman–Crippen MR) is 50.7 cm³/mol. The topological polar surface area (TPSA) is 17.1 Å². The first-order valence-corrected chi connectivity index (χ1v) is 4.95. The molecule has 0 saturated heterocycles. The minimum absolute atomic E-state index is 0.0190. The maximum Gasteiger partial charge on any atom is 0.143 e. The van der Waals surface area contributed by atoms with E-state index in [2.05, 4.69) is 24.3 Å². The molecule has 66 valence electrons. The highest BCUT2D eigenvalue weighted by molar-refractivity contribution is 5.95. The van der Waals surface area contributed by atoms with Gasteiger partial charge in [0, 0.05) is 6.42 Å². The molecule has 0 aliphatic heterocycles. The van der Waals surface area contributed by atoms with Crippen LogP contribution in [0.3, 0.4) is 0 Å². The van der Waals surface area contributed by atoms with Crippen LogP contribution >= 0.6 is 0 Å². The molecule has 2 aliphatic rings. The van der Waals surface area contributed by atoms with Gasteiger partial charge < -0.3 is 0 Å². The van der Waals surface area contributed by atoms with Crippen molar-refractivity contribution in [3.63, 3.8) is 0 Å². The molecule has 0 unspecified atom stereocenters. The third-order valence-electron chi connectivity index (χ3n) is 3.44. The fourth-order valence-electron chi connectivity index (χ4n) is 2.52. The molecule has 1 heteroatoms. The lowest BCUT2D eigenvalue weighted by Gasteiger charge is -2.23. The predicted octanol–water partition coefficient (Wildman–Crippen LogP) is 2.23. The van der Waals surface area contributed by atoms with Gasteiger partial charge in [-0.25, -0.2) is 0 Å². The van der Waals surface area contributed by atoms with Gasteiger partial charge in [-0.15, -0.1) is 0 Å². The molecule has 1 spiro atoms. The van der Waals surface area contributed by atoms with Crippen molar-refractivity contribution in [1.29, 1.82) is 0 Å². The first-order chi connectivity index (χ1) is 6.33. The van der Waals surface area contributed by atoms with Gasteiger partial charge in [0.2, 0.25) is 0 Å². The minimum Gasteiger partial charge on any atom is -0.299 e. The van der Waals surface area contributed by atoms with E-state index in [0.29, 0.717) is 5.78 Å². The summed E-state index contributed by atoms with van der Waals surface area (Å²) in [5, 5.41) is 0. The molecular weight excluding hydrogens is 160 g/mol. The number of carbonyl (C=O) groups is 1. The maximum atomic E-state index is 11.7. The quantitative estimate of drug-likeness (QED) is 0.586. The van der Waals surface area contributed by atoms with Crippen LogP contribution in [-0.2, 0) is 16.6 Å². The number of aryl methyl sites for hydroxylation is 1. The molecule has 0 radical (unpaired) electrons. The Hall–Kier alpha value is -1.11. The van der Waals surface area contributed by atoms with Crippen LogP contribution in [0.5, 0.6) is 0 Å². The molecule has 3 rings (SSSR count). The summed E-state index contributed by atoms with van der Waals surface area (Å²) in [6.07, 6.45) is 3.89. The lowest BCUT2D eigenvalue weighted by Crippen LogP contribution is -2.26. The second kappa shape index (κ2) is 2.22. The van der Waals surface area contributed by atoms with Crippen molar-refractivity contribution in [3.05, 3.63) is 35.4 Å². The van der Waals surface area contributed by atoms with Gasteiger partial charge in [-0.05, 0) is 30.4 Å². The summed E-state index contributed by atoms with van der Waals surface area (Å²) in [6, 6.07) is 8.43. The number of benzene rings is 1. The van der Waals surface area contributed by atoms with Gasteiger partial charge in [0.1, 0.15) is 5.78 Å². The lowest BCUT2D eigenvalue weighted by atomic mass is 9.79. The molecule has 0 N–H and O–H groups in total. The second-order valence-electron chi connectivity index (χ2n) is 4.16. The smallest absolute Gasteiger partial charge is 0.143 e. The summed E-state index contributed by atoms with van der Waals surface area (Å²) in [5.41, 5.74) is 2.71. The number of hydrogen-bond donors (Lipinski definition) is 0. The van der Waals surface area contributed by atoms with Crippen LogP contribution in [0.4, 0.5) is 0 Å². The van der Waals surface area contributed by atoms with Crippen LogP contribution in [0, 0.1) is 0 Å². The Bertz CT molecular complexity index is 374. The molecule has 0 bridgehead atoms. The lowest BCUT2D eigenvalue weighted by molar-refractivity contribution is -0.121. The van der Waals surface area contributed by atoms with Crippen LogP contribution < -0.4 is 0 Å². The fraction of sp³-hybridized carbons (Fsp3) is 0.417. The second-order valence-corrected chi connectivity index (χ2v) is 4.16. The molecule has 0 heterocycles. The van der Waals surface area contributed by atoms with Gasteiger partial charge in [0.25, 0.3) is 0 Å². The highest BCUT2D eigenvalue weighted by Crippen LogP contribution is 2.53. The first-order valence-electron chi connectivity index (χ1n) is 4.95. The molecular formula is C12H12O. The molecule has 0 aromatic heterocycles. The van der Waals surface area contributed by atoms with E-state index in [1.54, 1.807) is 0 Å². The van der Waals surface area contributed by atoms with Crippen LogP contribution in [0.1, 0.15) is 30.4 Å². The van der Waals surface area contributed by atoms with Crippen LogP contribution in [0.2, 0.25) is 0 Å². The largest absolute Gasteiger partial charge is 0.299 e. The molecule has 2 aliphatic carbocycles. The number of Topliss-reactive ketones (excluding diaryl/α,β-unsaturated/α-hetero) is 1. The molecule has 1 nitrogen and oxygen atoms in total. The third-order valence-corrected chi connectivity index (χ3v) is 3.44. The van der Waals surface area contributed by atoms with Crippen molar-refractivity contribution in [2.75, 3.05) is 0 Å². The van der Waals surface area contributed by atoms with Crippen molar-refractivity contribution >= 4 is 5.78 Å². The molecule has 0 atom stereocenters. The monoisotopic (exact) mass is 172 g/mol. The molecule has 13 heavy (non-hydrogen) atoms. The van der Waals surface area contributed by atoms with Crippen molar-refractivity contribution < 1.29 is 4.79 Å². The summed E-state index contributed by atoms with van der Waals surface area (Å²) in [7, 11) is 0. The van der Waals surface area contributed by atoms with E-state index < -0.39 is 0 Å². The summed E-state index contributed by atoms with van der Waals surface area (Å²) in [6.45, 7) is 0. The van der Waals surface area contributed by atoms with Gasteiger partial charge >= 0.3 is 0 Å². The summed E-state index contributed by atoms with van der Waals surface area (Å²) in [4.78, 5) is 11.7. The summed E-state index contributed by atoms with van der Waals surface area (Å²) in [5.74, 6) is 0.478. The highest BCUT2D eigenvalue weighted by Gasteiger charge is 2.52. The van der Waals surface area contributed by atoms with E-state index in [0.717, 1.165) is 25.7 Å². The first kappa shape index (κ1) is 7.31. The Morgan fingerprint density at radius 3 is 2.62 bits per heavy atom. The fourth-order valence-corrected chi connectivity index (χ4v) is 2.52. The zero-order valence-corrected chi connectivity index (χ0v) is 7.55. The van der Waals surface area contributed by atoms with Gasteiger partial charge in [-0.2, -0.15) is 0 Å². The standard InChI is InChI=1S/C12H12O/c13-11-6-5-9-3-1-2-4-10(9)12(11)7-8-12/h1-4H,5-8H2. The molecule has 1 aromatic carbocycles. The van der Waals surface area contributed by atoms with E-state index in [1.165, 1.54) is 11.1 Å². The van der Waals surface area contributed by atoms with Gasteiger partial charge in [0.15, 0.2) is 0 Å². The number of rotatable bonds is 0. The average Bonchev–Trinajstić information content (AvgIpc) is 2.94. The number of hydrogen-bond acceptors (Lipinski definition) is 1. The van der Waals surface area contributed by atoms with E-state index in [9.17, 15) is 4.79 Å². The molecule has 1 aromatic rings. The highest BCUT2D eigenvalue weighted by atomic mass is 16.1. The molecule has 1 saturated carbocycles. The molecule has 1 fully saturated rings. The zero-order valence-electron chi connectivity index (χ0n) is 7.55. The van der Waals surface area contributed by atoms with Crippen molar-refractivity contribution in [2.24, 2.45) is 0 Å². The SMILES string of the molecule is O=C1CCc2ccccc2C12CC2. The van der Waals surface area contributed by atoms with Gasteiger partial charge in [0.05, 0.1) is 5.41 Å². The third kappa shape index (κ3) is 0.846. The van der Waals surface area contributed by atoms with E-state index in [4.69, 9.17) is 0 Å². The summed E-state index contributed by atoms with van der Waals surface area (Å²) < 4.78 is 0. The van der Waals surface area contributed by atoms with E-state index >= 15 is 0 Å². The van der Waals surface area contributed by atoms with Gasteiger partial charge in [-0.1, -0.05) is 24.3 Å². The number of ketones is 1. The number of carbonyl (C=O) groups excluding carboxylic acids is 1. The number of fused-ring (bicyclic) bond motifs is 2. The van der Waals surface area contributed by atoms with Crippen LogP contribution in [0.25, 0.3) is 0 Å². The minimum atomic E-state index is -0.0190. The van der Waals surface area contributed by atoms with Crippen molar-refractivity contribution in [2.45, 2.75) is 31.1 Å². The Labute approximate surface area is 77.8 Å². The van der Waals surface area contributed by atoms with Gasteiger partial charge in [-0.3, -0.25) is 4.79 Å². The van der Waals surface area contributed by atoms with Crippen molar-refractivity contribution in [1.82, 2.24) is 0 Å². The van der Waals surface area contributed by atoms with Crippen molar-refractivity contribution in [3.8, 4) is 0 Å². The normalized spacial score (nSPS) is 22.9. The Kier molecular flexibility index (Phi) is 1.25. The molecule has 0 amide bonds. The van der Waals surface area contributed by atoms with Crippen LogP contribution in [-0.4, -0.2) is 5.78 Å². The Balaban J connectivity index is 2.20. The summed E-state index contributed by atoms with van der Waals surface area (Å²) >= 11 is 0. The Morgan fingerprint density at radius 2 is 1.85 bits per heavy atom. The Morgan fingerprint density at radius 1 is 1.08 bits per heavy atom. The van der Waals surface area contributed by atoms with Crippen LogP contribution in [0.15, 0.2) is 24.3 Å². The maximum absolute atomic E-state index is 11.7. The van der Waals surface area contributed by atoms with E-state index in [-0.39, 0.29) is 5.41 Å². The zero-order chi connectivity index (χ0) is 8.89.